The summed E-state index contributed by atoms with van der Waals surface area (Å²) in [4.78, 5) is 30.8. The topological polar surface area (TPSA) is 83.8 Å². The molecule has 0 aromatic carbocycles. The van der Waals surface area contributed by atoms with Gasteiger partial charge >= 0.3 is 7.82 Å². The molecule has 1 aliphatic carbocycles. The number of carbonyl (C=O) groups is 1. The second kappa shape index (κ2) is 11.5. The molecule has 0 aromatic heterocycles. The number of likely N-dealkylation sites (N-methyl/N-ethyl adjacent to an activating group) is 1. The summed E-state index contributed by atoms with van der Waals surface area (Å²) >= 11 is 0. The summed E-state index contributed by atoms with van der Waals surface area (Å²) in [5, 5.41) is 0. The van der Waals surface area contributed by atoms with Crippen LogP contribution in [0.25, 0.3) is 0 Å². The summed E-state index contributed by atoms with van der Waals surface area (Å²) in [6, 6.07) is 0. The van der Waals surface area contributed by atoms with Crippen molar-refractivity contribution in [1.82, 2.24) is 0 Å². The summed E-state index contributed by atoms with van der Waals surface area (Å²) < 4.78 is 16.3. The fourth-order valence-electron chi connectivity index (χ4n) is 3.84. The van der Waals surface area contributed by atoms with Crippen molar-refractivity contribution in [2.75, 3.05) is 27.7 Å². The zero-order valence-electron chi connectivity index (χ0n) is 20.9. The number of rotatable bonds is 10. The Kier molecular flexibility index (Phi) is 10.3. The third kappa shape index (κ3) is 10.8. The molecule has 1 rings (SSSR count). The van der Waals surface area contributed by atoms with E-state index in [1.807, 2.05) is 40.2 Å². The van der Waals surface area contributed by atoms with Gasteiger partial charge in [-0.25, -0.2) is 4.57 Å². The molecule has 7 heteroatoms. The summed E-state index contributed by atoms with van der Waals surface area (Å²) in [5.41, 5.74) is 4.84. The van der Waals surface area contributed by atoms with Crippen molar-refractivity contribution in [3.63, 3.8) is 0 Å². The molecule has 0 saturated carbocycles. The van der Waals surface area contributed by atoms with Gasteiger partial charge in [0, 0.05) is 0 Å². The van der Waals surface area contributed by atoms with Crippen molar-refractivity contribution in [3.05, 3.63) is 58.7 Å². The number of phosphoric acid groups is 1. The average Bonchev–Trinajstić information content (AvgIpc) is 2.57. The fourth-order valence-corrected chi connectivity index (χ4v) is 4.34. The van der Waals surface area contributed by atoms with Crippen LogP contribution >= 0.6 is 7.82 Å². The molecule has 0 bridgehead atoms. The lowest BCUT2D eigenvalue weighted by Crippen LogP contribution is -2.44. The Morgan fingerprint density at radius 2 is 1.81 bits per heavy atom. The van der Waals surface area contributed by atoms with Crippen LogP contribution in [0.1, 0.15) is 53.9 Å². The zero-order chi connectivity index (χ0) is 24.7. The first-order chi connectivity index (χ1) is 14.5. The molecule has 1 atom stereocenters. The highest BCUT2D eigenvalue weighted by atomic mass is 31.2. The maximum atomic E-state index is 12.6. The second-order valence-electron chi connectivity index (χ2n) is 10.4. The number of hydrogen-bond acceptors (Lipinski definition) is 3. The molecule has 0 saturated heterocycles. The van der Waals surface area contributed by atoms with Crippen LogP contribution in [0.2, 0.25) is 0 Å². The lowest BCUT2D eigenvalue weighted by molar-refractivity contribution is -0.872. The van der Waals surface area contributed by atoms with Crippen molar-refractivity contribution < 1.29 is 28.2 Å². The molecular formula is C25H41NO5P+. The van der Waals surface area contributed by atoms with Gasteiger partial charge in [0.2, 0.25) is 0 Å². The van der Waals surface area contributed by atoms with Gasteiger partial charge in [-0.05, 0) is 62.7 Å². The lowest BCUT2D eigenvalue weighted by Gasteiger charge is -2.32. The first-order valence-corrected chi connectivity index (χ1v) is 12.5. The Morgan fingerprint density at radius 3 is 2.34 bits per heavy atom. The van der Waals surface area contributed by atoms with Crippen LogP contribution in [0.5, 0.6) is 0 Å². The van der Waals surface area contributed by atoms with Crippen LogP contribution in [0.3, 0.4) is 0 Å². The van der Waals surface area contributed by atoms with Gasteiger partial charge in [0.05, 0.1) is 21.1 Å². The number of allylic oxidation sites excluding steroid dienone is 9. The molecular weight excluding hydrogens is 425 g/mol. The Balaban J connectivity index is 2.89. The van der Waals surface area contributed by atoms with E-state index in [1.54, 1.807) is 13.0 Å². The fraction of sp³-hybridized carbons (Fsp3) is 0.560. The van der Waals surface area contributed by atoms with Gasteiger partial charge in [-0.15, -0.1) is 0 Å². The Bertz CT molecular complexity index is 878. The molecule has 2 N–H and O–H groups in total. The standard InChI is InChI=1S/C25H40NO5P/c1-19(14-15-22-21(3)13-10-16-25(22,4)5)11-9-12-20(2)17-23(27)24(18-26(6,7)8)31-32(28,29)30/h9,11-12,14-15,17,24H,10,13,16,18H2,1-8H3,(H-,28,29,30)/p+1. The van der Waals surface area contributed by atoms with Crippen molar-refractivity contribution in [2.45, 2.75) is 60.0 Å². The predicted molar refractivity (Wildman–Crippen MR) is 131 cm³/mol. The van der Waals surface area contributed by atoms with E-state index in [9.17, 15) is 9.36 Å². The quantitative estimate of drug-likeness (QED) is 0.198. The molecule has 1 unspecified atom stereocenters. The van der Waals surface area contributed by atoms with E-state index in [1.165, 1.54) is 30.1 Å². The number of hydrogen-bond donors (Lipinski definition) is 2. The highest BCUT2D eigenvalue weighted by Crippen LogP contribution is 2.41. The molecule has 1 aliphatic rings. The molecule has 0 fully saturated rings. The molecule has 32 heavy (non-hydrogen) atoms. The Morgan fingerprint density at radius 1 is 1.19 bits per heavy atom. The second-order valence-corrected chi connectivity index (χ2v) is 11.6. The number of ketones is 1. The van der Waals surface area contributed by atoms with E-state index in [-0.39, 0.29) is 12.0 Å². The van der Waals surface area contributed by atoms with Crippen molar-refractivity contribution in [1.29, 1.82) is 0 Å². The van der Waals surface area contributed by atoms with E-state index < -0.39 is 19.7 Å². The number of phosphoric ester groups is 1. The lowest BCUT2D eigenvalue weighted by atomic mass is 9.72. The van der Waals surface area contributed by atoms with E-state index in [0.717, 1.165) is 12.0 Å². The van der Waals surface area contributed by atoms with E-state index in [0.29, 0.717) is 10.1 Å². The van der Waals surface area contributed by atoms with Gasteiger partial charge < -0.3 is 14.3 Å². The zero-order valence-corrected chi connectivity index (χ0v) is 21.8. The van der Waals surface area contributed by atoms with Crippen molar-refractivity contribution in [3.8, 4) is 0 Å². The molecule has 6 nitrogen and oxygen atoms in total. The third-order valence-electron chi connectivity index (χ3n) is 5.44. The number of carbonyl (C=O) groups excluding carboxylic acids is 1. The molecule has 0 spiro atoms. The maximum Gasteiger partial charge on any atom is 0.470 e. The van der Waals surface area contributed by atoms with E-state index in [4.69, 9.17) is 14.3 Å². The molecule has 0 amide bonds. The molecule has 0 aliphatic heterocycles. The monoisotopic (exact) mass is 466 g/mol. The van der Waals surface area contributed by atoms with Crippen LogP contribution in [0.15, 0.2) is 58.7 Å². The van der Waals surface area contributed by atoms with Crippen LogP contribution in [0.4, 0.5) is 0 Å². The number of quaternary nitrogens is 1. The first-order valence-electron chi connectivity index (χ1n) is 11.0. The first kappa shape index (κ1) is 28.5. The van der Waals surface area contributed by atoms with Gasteiger partial charge in [0.15, 0.2) is 11.9 Å². The normalized spacial score (nSPS) is 19.8. The van der Waals surface area contributed by atoms with E-state index in [2.05, 4.69) is 32.9 Å². The highest BCUT2D eigenvalue weighted by Gasteiger charge is 2.31. The maximum absolute atomic E-state index is 12.6. The average molecular weight is 467 g/mol. The van der Waals surface area contributed by atoms with Gasteiger partial charge in [-0.3, -0.25) is 9.32 Å². The summed E-state index contributed by atoms with van der Waals surface area (Å²) in [6.45, 7) is 10.7. The smallest absolute Gasteiger partial charge is 0.328 e. The van der Waals surface area contributed by atoms with Gasteiger partial charge in [0.25, 0.3) is 0 Å². The van der Waals surface area contributed by atoms with Gasteiger partial charge in [0.1, 0.15) is 6.54 Å². The van der Waals surface area contributed by atoms with Crippen molar-refractivity contribution in [2.24, 2.45) is 5.41 Å². The minimum atomic E-state index is -4.77. The van der Waals surface area contributed by atoms with Crippen LogP contribution < -0.4 is 0 Å². The summed E-state index contributed by atoms with van der Waals surface area (Å²) in [7, 11) is 0.707. The Hall–Kier alpha value is -1.56. The van der Waals surface area contributed by atoms with Crippen molar-refractivity contribution >= 4 is 13.6 Å². The molecule has 0 heterocycles. The van der Waals surface area contributed by atoms with Gasteiger partial charge in [-0.2, -0.15) is 0 Å². The van der Waals surface area contributed by atoms with Gasteiger partial charge in [-0.1, -0.05) is 55.4 Å². The van der Waals surface area contributed by atoms with E-state index >= 15 is 0 Å². The van der Waals surface area contributed by atoms with Crippen LogP contribution in [-0.2, 0) is 13.9 Å². The third-order valence-corrected chi connectivity index (χ3v) is 5.97. The number of nitrogens with zero attached hydrogens (tertiary/aromatic N) is 1. The summed E-state index contributed by atoms with van der Waals surface area (Å²) in [6.07, 6.45) is 13.7. The molecule has 0 radical (unpaired) electrons. The predicted octanol–water partition coefficient (Wildman–Crippen LogP) is 5.27. The Labute approximate surface area is 193 Å². The summed E-state index contributed by atoms with van der Waals surface area (Å²) in [5.74, 6) is -0.467. The molecule has 0 aromatic rings. The minimum absolute atomic E-state index is 0.146. The molecule has 180 valence electrons. The minimum Gasteiger partial charge on any atom is -0.328 e. The van der Waals surface area contributed by atoms with Crippen LogP contribution in [-0.4, -0.2) is 53.8 Å². The largest absolute Gasteiger partial charge is 0.470 e. The SMILES string of the molecule is CC(C=CC1=C(C)CCCC1(C)C)=CC=CC(C)=CC(=O)C(C[N+](C)(C)C)OP(=O)(O)O. The van der Waals surface area contributed by atoms with Crippen LogP contribution in [0, 0.1) is 5.41 Å². The highest BCUT2D eigenvalue weighted by molar-refractivity contribution is 7.46.